The third-order valence-corrected chi connectivity index (χ3v) is 2.21. The monoisotopic (exact) mass is 265 g/mol. The Kier molecular flexibility index (Phi) is 5.40. The molecule has 1 rings (SSSR count). The smallest absolute Gasteiger partial charge is 0.354 e. The van der Waals surface area contributed by atoms with E-state index in [0.29, 0.717) is 11.5 Å². The summed E-state index contributed by atoms with van der Waals surface area (Å²) in [5.74, 6) is 2.15. The van der Waals surface area contributed by atoms with Crippen LogP contribution in [0, 0.1) is 0 Å². The van der Waals surface area contributed by atoms with Crippen molar-refractivity contribution in [3.8, 4) is 0 Å². The van der Waals surface area contributed by atoms with Gasteiger partial charge in [0.25, 0.3) is 6.10 Å². The standard InChI is InChI=1S/C16H25O3/c1-10(2)17-14-9-16(19-12(5)6)15(8-13(14)7)18-11(3)4/h8-12H,7H2,1-6H3/q+1. The van der Waals surface area contributed by atoms with Crippen molar-refractivity contribution in [2.24, 2.45) is 0 Å². The van der Waals surface area contributed by atoms with Gasteiger partial charge >= 0.3 is 5.78 Å². The van der Waals surface area contributed by atoms with Gasteiger partial charge in [-0.25, -0.2) is 0 Å². The number of ketones is 1. The molecule has 0 N–H and O–H groups in total. The van der Waals surface area contributed by atoms with Gasteiger partial charge in [0, 0.05) is 19.9 Å². The van der Waals surface area contributed by atoms with E-state index in [4.69, 9.17) is 13.9 Å². The van der Waals surface area contributed by atoms with Crippen LogP contribution in [-0.4, -0.2) is 24.1 Å². The Morgan fingerprint density at radius 1 is 0.895 bits per heavy atom. The number of hydrogen-bond acceptors (Lipinski definition) is 2. The van der Waals surface area contributed by atoms with Crippen molar-refractivity contribution in [1.82, 2.24) is 0 Å². The molecule has 0 bridgehead atoms. The van der Waals surface area contributed by atoms with E-state index in [-0.39, 0.29) is 18.3 Å². The molecule has 0 aromatic carbocycles. The first-order valence-corrected chi connectivity index (χ1v) is 6.79. The molecule has 3 nitrogen and oxygen atoms in total. The minimum atomic E-state index is 0.0806. The summed E-state index contributed by atoms with van der Waals surface area (Å²) in [6, 6.07) is 0. The molecule has 3 heteroatoms. The first-order valence-electron chi connectivity index (χ1n) is 6.79. The Balaban J connectivity index is 3.06. The quantitative estimate of drug-likeness (QED) is 0.560. The molecule has 0 atom stereocenters. The van der Waals surface area contributed by atoms with E-state index >= 15 is 0 Å². The zero-order valence-corrected chi connectivity index (χ0v) is 12.8. The van der Waals surface area contributed by atoms with Gasteiger partial charge < -0.3 is 9.47 Å². The summed E-state index contributed by atoms with van der Waals surface area (Å²) in [7, 11) is 0. The van der Waals surface area contributed by atoms with Crippen LogP contribution in [-0.2, 0) is 13.9 Å². The summed E-state index contributed by atoms with van der Waals surface area (Å²) >= 11 is 0. The van der Waals surface area contributed by atoms with E-state index in [1.165, 1.54) is 0 Å². The second kappa shape index (κ2) is 6.60. The van der Waals surface area contributed by atoms with Crippen LogP contribution in [0.15, 0.2) is 35.8 Å². The molecule has 0 spiro atoms. The van der Waals surface area contributed by atoms with Gasteiger partial charge in [-0.15, -0.1) is 0 Å². The van der Waals surface area contributed by atoms with Crippen LogP contribution >= 0.6 is 0 Å². The minimum absolute atomic E-state index is 0.0806. The van der Waals surface area contributed by atoms with E-state index in [2.05, 4.69) is 6.58 Å². The fourth-order valence-electron chi connectivity index (χ4n) is 1.64. The normalized spacial score (nSPS) is 18.2. The molecule has 19 heavy (non-hydrogen) atoms. The van der Waals surface area contributed by atoms with Crippen LogP contribution in [0.5, 0.6) is 0 Å². The molecule has 0 amide bonds. The molecule has 0 saturated heterocycles. The second-order valence-corrected chi connectivity index (χ2v) is 5.41. The van der Waals surface area contributed by atoms with Crippen molar-refractivity contribution in [1.29, 1.82) is 0 Å². The Hall–Kier alpha value is -1.51. The molecule has 0 unspecified atom stereocenters. The fraction of sp³-hybridized carbons (Fsp3) is 0.562. The molecule has 1 aliphatic carbocycles. The second-order valence-electron chi connectivity index (χ2n) is 5.41. The maximum atomic E-state index is 5.79. The maximum absolute atomic E-state index is 5.79. The zero-order chi connectivity index (χ0) is 14.6. The third-order valence-electron chi connectivity index (χ3n) is 2.21. The fourth-order valence-corrected chi connectivity index (χ4v) is 1.64. The van der Waals surface area contributed by atoms with E-state index in [1.807, 2.05) is 53.7 Å². The van der Waals surface area contributed by atoms with Crippen LogP contribution in [0.2, 0.25) is 0 Å². The Labute approximate surface area is 116 Å². The lowest BCUT2D eigenvalue weighted by Gasteiger charge is -2.21. The Morgan fingerprint density at radius 3 is 1.79 bits per heavy atom. The summed E-state index contributed by atoms with van der Waals surface area (Å²) in [5, 5.41) is 0. The maximum Gasteiger partial charge on any atom is 0.354 e. The van der Waals surface area contributed by atoms with Crippen molar-refractivity contribution in [2.45, 2.75) is 59.9 Å². The highest BCUT2D eigenvalue weighted by Gasteiger charge is 2.26. The average molecular weight is 265 g/mol. The predicted octanol–water partition coefficient (Wildman–Crippen LogP) is 3.69. The first kappa shape index (κ1) is 15.5. The van der Waals surface area contributed by atoms with Crippen LogP contribution in [0.1, 0.15) is 41.5 Å². The van der Waals surface area contributed by atoms with Gasteiger partial charge in [0.15, 0.2) is 11.5 Å². The van der Waals surface area contributed by atoms with Crippen LogP contribution < -0.4 is 0 Å². The largest absolute Gasteiger partial charge is 0.487 e. The lowest BCUT2D eigenvalue weighted by molar-refractivity contribution is -0.492. The molecule has 0 aromatic rings. The molecule has 0 fully saturated rings. The van der Waals surface area contributed by atoms with Gasteiger partial charge in [0.2, 0.25) is 0 Å². The van der Waals surface area contributed by atoms with Crippen LogP contribution in [0.25, 0.3) is 0 Å². The molecular weight excluding hydrogens is 240 g/mol. The van der Waals surface area contributed by atoms with Gasteiger partial charge in [0.05, 0.1) is 23.9 Å². The minimum Gasteiger partial charge on any atom is -0.487 e. The van der Waals surface area contributed by atoms with Crippen LogP contribution in [0.4, 0.5) is 0 Å². The molecule has 0 aromatic heterocycles. The number of rotatable bonds is 5. The average Bonchev–Trinajstić information content (AvgIpc) is 2.22. The molecular formula is C16H25O3+. The van der Waals surface area contributed by atoms with E-state index in [0.717, 1.165) is 11.4 Å². The predicted molar refractivity (Wildman–Crippen MR) is 77.9 cm³/mol. The molecule has 0 saturated carbocycles. The van der Waals surface area contributed by atoms with Crippen molar-refractivity contribution < 1.29 is 13.9 Å². The van der Waals surface area contributed by atoms with Crippen molar-refractivity contribution in [2.75, 3.05) is 0 Å². The van der Waals surface area contributed by atoms with Crippen molar-refractivity contribution in [3.05, 3.63) is 35.8 Å². The lowest BCUT2D eigenvalue weighted by atomic mass is 10.1. The summed E-state index contributed by atoms with van der Waals surface area (Å²) in [4.78, 5) is 0. The van der Waals surface area contributed by atoms with Gasteiger partial charge in [-0.1, -0.05) is 6.58 Å². The van der Waals surface area contributed by atoms with Gasteiger partial charge in [-0.05, 0) is 27.7 Å². The Bertz CT molecular complexity index is 423. The number of hydrogen-bond donors (Lipinski definition) is 0. The highest BCUT2D eigenvalue weighted by Crippen LogP contribution is 2.24. The van der Waals surface area contributed by atoms with Crippen molar-refractivity contribution >= 4 is 5.78 Å². The first-order chi connectivity index (χ1) is 8.79. The van der Waals surface area contributed by atoms with Crippen molar-refractivity contribution in [3.63, 3.8) is 0 Å². The number of ether oxygens (including phenoxy) is 2. The molecule has 1 aliphatic rings. The summed E-state index contributed by atoms with van der Waals surface area (Å²) in [6.07, 6.45) is 4.00. The van der Waals surface area contributed by atoms with Gasteiger partial charge in [0.1, 0.15) is 0 Å². The lowest BCUT2D eigenvalue weighted by Crippen LogP contribution is -2.18. The summed E-state index contributed by atoms with van der Waals surface area (Å²) in [5.41, 5.74) is 0.806. The number of carbonyl (C=O) groups excluding carboxylic acids is 1. The van der Waals surface area contributed by atoms with Gasteiger partial charge in [-0.2, -0.15) is 0 Å². The van der Waals surface area contributed by atoms with Gasteiger partial charge in [-0.3, -0.25) is 4.42 Å². The molecule has 0 heterocycles. The number of allylic oxidation sites excluding steroid dienone is 3. The summed E-state index contributed by atoms with van der Waals surface area (Å²) < 4.78 is 17.3. The molecule has 0 aliphatic heterocycles. The zero-order valence-electron chi connectivity index (χ0n) is 12.8. The topological polar surface area (TPSA) is 29.8 Å². The van der Waals surface area contributed by atoms with E-state index in [9.17, 15) is 0 Å². The molecule has 106 valence electrons. The summed E-state index contributed by atoms with van der Waals surface area (Å²) in [6.45, 7) is 15.9. The van der Waals surface area contributed by atoms with Crippen LogP contribution in [0.3, 0.4) is 0 Å². The van der Waals surface area contributed by atoms with E-state index in [1.54, 1.807) is 0 Å². The van der Waals surface area contributed by atoms with E-state index < -0.39 is 0 Å². The molecule has 0 radical (unpaired) electrons. The highest BCUT2D eigenvalue weighted by molar-refractivity contribution is 6.07. The highest BCUT2D eigenvalue weighted by atomic mass is 16.5. The third kappa shape index (κ3) is 4.93. The Morgan fingerprint density at radius 2 is 1.37 bits per heavy atom. The SMILES string of the molecule is C=C1C=C(OC(C)C)C(OC(C)C)=CC1=[O+]C(C)C.